The van der Waals surface area contributed by atoms with Gasteiger partial charge in [0.05, 0.1) is 0 Å². The fourth-order valence-electron chi connectivity index (χ4n) is 4.59. The van der Waals surface area contributed by atoms with Crippen LogP contribution in [0.15, 0.2) is 29.4 Å². The molecule has 4 rings (SSSR count). The second-order valence-corrected chi connectivity index (χ2v) is 9.20. The van der Waals surface area contributed by atoms with Gasteiger partial charge in [0.15, 0.2) is 17.4 Å². The summed E-state index contributed by atoms with van der Waals surface area (Å²) in [7, 11) is 0. The van der Waals surface area contributed by atoms with Crippen LogP contribution in [0, 0.1) is 0 Å². The van der Waals surface area contributed by atoms with Crippen molar-refractivity contribution < 1.29 is 0 Å². The Hall–Kier alpha value is -1.80. The van der Waals surface area contributed by atoms with Crippen molar-refractivity contribution in [2.45, 2.75) is 51.1 Å². The number of guanidine groups is 1. The maximum absolute atomic E-state index is 4.82. The summed E-state index contributed by atoms with van der Waals surface area (Å²) in [5.74, 6) is 4.25. The van der Waals surface area contributed by atoms with E-state index in [2.05, 4.69) is 44.4 Å². The summed E-state index contributed by atoms with van der Waals surface area (Å²) < 4.78 is 2.00. The zero-order chi connectivity index (χ0) is 19.9. The summed E-state index contributed by atoms with van der Waals surface area (Å²) in [4.78, 5) is 7.57. The zero-order valence-corrected chi connectivity index (χ0v) is 18.3. The van der Waals surface area contributed by atoms with Crippen molar-refractivity contribution >= 4 is 23.4 Å². The van der Waals surface area contributed by atoms with Crippen molar-refractivity contribution in [3.63, 3.8) is 0 Å². The van der Waals surface area contributed by atoms with Crippen molar-refractivity contribution in [2.75, 3.05) is 37.7 Å². The number of nitrogens with one attached hydrogen (secondary N) is 2. The van der Waals surface area contributed by atoms with Crippen LogP contribution in [0.25, 0.3) is 5.65 Å². The van der Waals surface area contributed by atoms with Crippen LogP contribution in [0.4, 0.5) is 0 Å². The van der Waals surface area contributed by atoms with Gasteiger partial charge in [0, 0.05) is 49.4 Å². The summed E-state index contributed by atoms with van der Waals surface area (Å²) >= 11 is 2.09. The lowest BCUT2D eigenvalue weighted by Crippen LogP contribution is -2.59. The number of aromatic nitrogens is 3. The van der Waals surface area contributed by atoms with Crippen molar-refractivity contribution in [1.29, 1.82) is 0 Å². The Labute approximate surface area is 177 Å². The number of aliphatic imine (C=N–C) groups is 1. The normalized spacial score (nSPS) is 20.7. The second-order valence-electron chi connectivity index (χ2n) is 7.98. The van der Waals surface area contributed by atoms with Crippen molar-refractivity contribution in [3.8, 4) is 0 Å². The first-order valence-corrected chi connectivity index (χ1v) is 12.1. The molecule has 1 aliphatic heterocycles. The van der Waals surface area contributed by atoms with Gasteiger partial charge in [-0.05, 0) is 31.9 Å². The van der Waals surface area contributed by atoms with E-state index in [1.54, 1.807) is 0 Å². The molecule has 0 atom stereocenters. The highest BCUT2D eigenvalue weighted by atomic mass is 32.2. The van der Waals surface area contributed by atoms with E-state index in [0.717, 1.165) is 30.5 Å². The van der Waals surface area contributed by atoms with Crippen molar-refractivity contribution in [2.24, 2.45) is 4.99 Å². The molecule has 29 heavy (non-hydrogen) atoms. The number of nitrogens with zero attached hydrogens (tertiary/aromatic N) is 5. The Morgan fingerprint density at radius 2 is 1.97 bits per heavy atom. The maximum Gasteiger partial charge on any atom is 0.191 e. The van der Waals surface area contributed by atoms with Crippen LogP contribution < -0.4 is 10.6 Å². The minimum absolute atomic E-state index is 0.275. The van der Waals surface area contributed by atoms with E-state index < -0.39 is 0 Å². The summed E-state index contributed by atoms with van der Waals surface area (Å²) in [6.07, 6.45) is 8.62. The molecular formula is C21H33N7S. The van der Waals surface area contributed by atoms with Gasteiger partial charge in [-0.2, -0.15) is 11.8 Å². The van der Waals surface area contributed by atoms with Gasteiger partial charge in [-0.3, -0.25) is 9.30 Å². The number of rotatable bonds is 6. The minimum atomic E-state index is 0.275. The van der Waals surface area contributed by atoms with Gasteiger partial charge in [0.2, 0.25) is 0 Å². The van der Waals surface area contributed by atoms with E-state index in [9.17, 15) is 0 Å². The van der Waals surface area contributed by atoms with Crippen LogP contribution in [-0.2, 0) is 6.54 Å². The number of hydrogen-bond donors (Lipinski definition) is 2. The number of thioether (sulfide) groups is 1. The Bertz CT molecular complexity index is 806. The third-order valence-corrected chi connectivity index (χ3v) is 7.10. The predicted octanol–water partition coefficient (Wildman–Crippen LogP) is 2.54. The summed E-state index contributed by atoms with van der Waals surface area (Å²) in [5, 5.41) is 15.6. The van der Waals surface area contributed by atoms with Crippen LogP contribution in [0.2, 0.25) is 0 Å². The van der Waals surface area contributed by atoms with Gasteiger partial charge in [0.25, 0.3) is 0 Å². The quantitative estimate of drug-likeness (QED) is 0.558. The highest BCUT2D eigenvalue weighted by Gasteiger charge is 2.38. The Kier molecular flexibility index (Phi) is 6.92. The molecule has 1 saturated heterocycles. The molecule has 2 aliphatic rings. The molecule has 2 aromatic heterocycles. The minimum Gasteiger partial charge on any atom is -0.357 e. The molecule has 2 aromatic rings. The van der Waals surface area contributed by atoms with Crippen LogP contribution in [0.5, 0.6) is 0 Å². The molecule has 0 amide bonds. The molecule has 2 N–H and O–H groups in total. The molecule has 1 saturated carbocycles. The second kappa shape index (κ2) is 9.80. The van der Waals surface area contributed by atoms with Gasteiger partial charge in [-0.15, -0.1) is 10.2 Å². The van der Waals surface area contributed by atoms with E-state index in [-0.39, 0.29) is 5.54 Å². The largest absolute Gasteiger partial charge is 0.357 e. The van der Waals surface area contributed by atoms with E-state index in [0.29, 0.717) is 6.54 Å². The molecule has 7 nitrogen and oxygen atoms in total. The van der Waals surface area contributed by atoms with Crippen LogP contribution in [0.1, 0.15) is 44.9 Å². The predicted molar refractivity (Wildman–Crippen MR) is 121 cm³/mol. The Morgan fingerprint density at radius 1 is 1.14 bits per heavy atom. The molecule has 0 unspecified atom stereocenters. The SMILES string of the molecule is CCNC(=NCc1nnc2ccccn12)NCC1(N2CCSCC2)CCCCC1. The average molecular weight is 416 g/mol. The van der Waals surface area contributed by atoms with E-state index in [1.165, 1.54) is 56.7 Å². The van der Waals surface area contributed by atoms with Gasteiger partial charge >= 0.3 is 0 Å². The highest BCUT2D eigenvalue weighted by Crippen LogP contribution is 2.34. The first kappa shape index (κ1) is 20.5. The van der Waals surface area contributed by atoms with Gasteiger partial charge in [-0.25, -0.2) is 4.99 Å². The molecular weight excluding hydrogens is 382 g/mol. The molecule has 2 fully saturated rings. The number of hydrogen-bond acceptors (Lipinski definition) is 5. The third kappa shape index (κ3) is 4.86. The lowest BCUT2D eigenvalue weighted by atomic mass is 9.80. The first-order chi connectivity index (χ1) is 14.3. The number of fused-ring (bicyclic) bond motifs is 1. The van der Waals surface area contributed by atoms with Crippen molar-refractivity contribution in [3.05, 3.63) is 30.2 Å². The van der Waals surface area contributed by atoms with Crippen LogP contribution in [-0.4, -0.2) is 68.7 Å². The average Bonchev–Trinajstić information content (AvgIpc) is 3.20. The molecule has 0 aromatic carbocycles. The molecule has 0 radical (unpaired) electrons. The molecule has 158 valence electrons. The molecule has 1 aliphatic carbocycles. The smallest absolute Gasteiger partial charge is 0.191 e. The highest BCUT2D eigenvalue weighted by molar-refractivity contribution is 7.99. The zero-order valence-electron chi connectivity index (χ0n) is 17.4. The lowest BCUT2D eigenvalue weighted by Gasteiger charge is -2.48. The Morgan fingerprint density at radius 3 is 2.76 bits per heavy atom. The summed E-state index contributed by atoms with van der Waals surface area (Å²) in [6.45, 7) is 6.86. The fourth-order valence-corrected chi connectivity index (χ4v) is 5.49. The number of pyridine rings is 1. The standard InChI is InChI=1S/C21H33N7S/c1-2-22-20(23-16-19-26-25-18-8-4-7-11-28(18)19)24-17-21(9-5-3-6-10-21)27-12-14-29-15-13-27/h4,7-8,11H,2-3,5-6,9-10,12-17H2,1H3,(H2,22,23,24). The molecule has 0 spiro atoms. The van der Waals surface area contributed by atoms with Crippen molar-refractivity contribution in [1.82, 2.24) is 30.1 Å². The summed E-state index contributed by atoms with van der Waals surface area (Å²) in [5.41, 5.74) is 1.14. The van der Waals surface area contributed by atoms with Gasteiger partial charge in [0.1, 0.15) is 6.54 Å². The fraction of sp³-hybridized carbons (Fsp3) is 0.667. The van der Waals surface area contributed by atoms with E-state index in [4.69, 9.17) is 4.99 Å². The van der Waals surface area contributed by atoms with Crippen LogP contribution in [0.3, 0.4) is 0 Å². The maximum atomic E-state index is 4.82. The third-order valence-electron chi connectivity index (χ3n) is 6.16. The molecule has 0 bridgehead atoms. The van der Waals surface area contributed by atoms with E-state index in [1.807, 2.05) is 28.8 Å². The first-order valence-electron chi connectivity index (χ1n) is 10.9. The Balaban J connectivity index is 1.45. The van der Waals surface area contributed by atoms with Gasteiger partial charge in [-0.1, -0.05) is 25.3 Å². The molecule has 3 heterocycles. The summed E-state index contributed by atoms with van der Waals surface area (Å²) in [6, 6.07) is 5.94. The van der Waals surface area contributed by atoms with Gasteiger partial charge < -0.3 is 10.6 Å². The topological polar surface area (TPSA) is 69.8 Å². The lowest BCUT2D eigenvalue weighted by molar-refractivity contribution is 0.0626. The van der Waals surface area contributed by atoms with Crippen LogP contribution >= 0.6 is 11.8 Å². The molecule has 8 heteroatoms. The van der Waals surface area contributed by atoms with E-state index >= 15 is 0 Å². The monoisotopic (exact) mass is 415 g/mol.